The fourth-order valence-corrected chi connectivity index (χ4v) is 1.88. The summed E-state index contributed by atoms with van der Waals surface area (Å²) in [5.74, 6) is -1.91. The molecular formula is C11H16N4O5. The third-order valence-electron chi connectivity index (χ3n) is 2.77. The molecule has 0 saturated heterocycles. The number of carboxylic acids is 1. The molecule has 0 aliphatic rings. The molecule has 0 unspecified atom stereocenters. The summed E-state index contributed by atoms with van der Waals surface area (Å²) in [6, 6.07) is -0.409. The maximum absolute atomic E-state index is 12.4. The van der Waals surface area contributed by atoms with Crippen molar-refractivity contribution in [2.75, 3.05) is 6.54 Å². The summed E-state index contributed by atoms with van der Waals surface area (Å²) in [6.07, 6.45) is 0. The zero-order chi connectivity index (χ0) is 15.6. The van der Waals surface area contributed by atoms with Gasteiger partial charge in [-0.05, 0) is 20.8 Å². The van der Waals surface area contributed by atoms with Gasteiger partial charge in [-0.3, -0.25) is 24.4 Å². The number of carbonyl (C=O) groups is 2. The highest BCUT2D eigenvalue weighted by Gasteiger charge is 2.33. The first-order chi connectivity index (χ1) is 9.16. The SMILES string of the molecule is Cc1nn(C)c(C(=O)N(CC(=O)O)C(C)C)c1[N+](=O)[O-]. The molecule has 1 aromatic rings. The van der Waals surface area contributed by atoms with Gasteiger partial charge in [0, 0.05) is 13.1 Å². The Morgan fingerprint density at radius 3 is 2.45 bits per heavy atom. The number of hydrogen-bond acceptors (Lipinski definition) is 5. The third-order valence-corrected chi connectivity index (χ3v) is 2.77. The number of carboxylic acid groups (broad SMARTS) is 1. The van der Waals surface area contributed by atoms with Gasteiger partial charge >= 0.3 is 11.7 Å². The van der Waals surface area contributed by atoms with Gasteiger partial charge < -0.3 is 10.0 Å². The molecule has 1 aromatic heterocycles. The maximum atomic E-state index is 12.4. The van der Waals surface area contributed by atoms with Crippen LogP contribution in [0, 0.1) is 17.0 Å². The molecule has 1 amide bonds. The number of nitro groups is 1. The molecule has 9 nitrogen and oxygen atoms in total. The van der Waals surface area contributed by atoms with E-state index < -0.39 is 35.1 Å². The monoisotopic (exact) mass is 284 g/mol. The van der Waals surface area contributed by atoms with Crippen LogP contribution in [0.2, 0.25) is 0 Å². The summed E-state index contributed by atoms with van der Waals surface area (Å²) in [4.78, 5) is 34.6. The van der Waals surface area contributed by atoms with Crippen LogP contribution in [0.4, 0.5) is 5.69 Å². The van der Waals surface area contributed by atoms with Crippen LogP contribution in [0.15, 0.2) is 0 Å². The number of aromatic nitrogens is 2. The summed E-state index contributed by atoms with van der Waals surface area (Å²) in [7, 11) is 1.41. The Hall–Kier alpha value is -2.45. The molecule has 0 fully saturated rings. The maximum Gasteiger partial charge on any atom is 0.323 e. The molecule has 0 saturated carbocycles. The number of hydrogen-bond donors (Lipinski definition) is 1. The van der Waals surface area contributed by atoms with Crippen molar-refractivity contribution in [2.24, 2.45) is 7.05 Å². The summed E-state index contributed by atoms with van der Waals surface area (Å²) in [5, 5.41) is 23.7. The van der Waals surface area contributed by atoms with E-state index in [9.17, 15) is 19.7 Å². The highest BCUT2D eigenvalue weighted by molar-refractivity contribution is 5.98. The molecule has 0 radical (unpaired) electrons. The van der Waals surface area contributed by atoms with Crippen LogP contribution in [-0.2, 0) is 11.8 Å². The normalized spacial score (nSPS) is 10.7. The molecular weight excluding hydrogens is 268 g/mol. The van der Waals surface area contributed by atoms with E-state index in [0.29, 0.717) is 0 Å². The molecule has 0 bridgehead atoms. The van der Waals surface area contributed by atoms with Crippen LogP contribution in [0.3, 0.4) is 0 Å². The van der Waals surface area contributed by atoms with Gasteiger partial charge in [0.05, 0.1) is 4.92 Å². The van der Waals surface area contributed by atoms with Crippen molar-refractivity contribution in [1.82, 2.24) is 14.7 Å². The minimum absolute atomic E-state index is 0.111. The van der Waals surface area contributed by atoms with E-state index in [4.69, 9.17) is 5.11 Å². The minimum Gasteiger partial charge on any atom is -0.480 e. The molecule has 1 N–H and O–H groups in total. The van der Waals surface area contributed by atoms with Crippen LogP contribution in [0.5, 0.6) is 0 Å². The lowest BCUT2D eigenvalue weighted by Crippen LogP contribution is -2.41. The third kappa shape index (κ3) is 2.92. The molecule has 0 aliphatic carbocycles. The van der Waals surface area contributed by atoms with E-state index in [0.717, 1.165) is 9.58 Å². The van der Waals surface area contributed by atoms with Crippen LogP contribution in [0.25, 0.3) is 0 Å². The van der Waals surface area contributed by atoms with Gasteiger partial charge in [-0.1, -0.05) is 0 Å². The van der Waals surface area contributed by atoms with E-state index in [2.05, 4.69) is 5.10 Å². The molecule has 0 aromatic carbocycles. The standard InChI is InChI=1S/C11H16N4O5/c1-6(2)14(5-8(16)17)11(18)10-9(15(19)20)7(3)12-13(10)4/h6H,5H2,1-4H3,(H,16,17). The van der Waals surface area contributed by atoms with Gasteiger partial charge in [0.2, 0.25) is 5.69 Å². The van der Waals surface area contributed by atoms with E-state index in [1.165, 1.54) is 14.0 Å². The fourth-order valence-electron chi connectivity index (χ4n) is 1.88. The highest BCUT2D eigenvalue weighted by Crippen LogP contribution is 2.24. The van der Waals surface area contributed by atoms with E-state index in [-0.39, 0.29) is 11.4 Å². The predicted octanol–water partition coefficient (Wildman–Crippen LogP) is 0.572. The van der Waals surface area contributed by atoms with Crippen LogP contribution >= 0.6 is 0 Å². The Morgan fingerprint density at radius 2 is 2.05 bits per heavy atom. The molecule has 110 valence electrons. The number of aryl methyl sites for hydroxylation is 2. The number of nitrogens with zero attached hydrogens (tertiary/aromatic N) is 4. The van der Waals surface area contributed by atoms with Crippen molar-refractivity contribution in [1.29, 1.82) is 0 Å². The molecule has 1 rings (SSSR count). The Morgan fingerprint density at radius 1 is 1.50 bits per heavy atom. The summed E-state index contributed by atoms with van der Waals surface area (Å²) < 4.78 is 1.10. The lowest BCUT2D eigenvalue weighted by molar-refractivity contribution is -0.385. The Balaban J connectivity index is 3.32. The van der Waals surface area contributed by atoms with E-state index in [1.807, 2.05) is 0 Å². The second kappa shape index (κ2) is 5.68. The molecule has 0 aliphatic heterocycles. The second-order valence-corrected chi connectivity index (χ2v) is 4.58. The molecule has 20 heavy (non-hydrogen) atoms. The fraction of sp³-hybridized carbons (Fsp3) is 0.545. The van der Waals surface area contributed by atoms with Gasteiger partial charge in [0.1, 0.15) is 12.2 Å². The smallest absolute Gasteiger partial charge is 0.323 e. The molecule has 0 spiro atoms. The van der Waals surface area contributed by atoms with E-state index >= 15 is 0 Å². The first-order valence-corrected chi connectivity index (χ1v) is 5.87. The average molecular weight is 284 g/mol. The average Bonchev–Trinajstić information content (AvgIpc) is 2.59. The largest absolute Gasteiger partial charge is 0.480 e. The molecule has 1 heterocycles. The molecule has 0 atom stereocenters. The van der Waals surface area contributed by atoms with Gasteiger partial charge in [-0.15, -0.1) is 0 Å². The molecule has 9 heteroatoms. The number of carbonyl (C=O) groups excluding carboxylic acids is 1. The highest BCUT2D eigenvalue weighted by atomic mass is 16.6. The summed E-state index contributed by atoms with van der Waals surface area (Å²) in [5.41, 5.74) is -0.504. The summed E-state index contributed by atoms with van der Waals surface area (Å²) in [6.45, 7) is 4.16. The lowest BCUT2D eigenvalue weighted by atomic mass is 10.2. The van der Waals surface area contributed by atoms with Crippen molar-refractivity contribution in [3.05, 3.63) is 21.5 Å². The van der Waals surface area contributed by atoms with Gasteiger partial charge in [0.15, 0.2) is 0 Å². The Kier molecular flexibility index (Phi) is 4.43. The lowest BCUT2D eigenvalue weighted by Gasteiger charge is -2.24. The van der Waals surface area contributed by atoms with Crippen molar-refractivity contribution in [3.63, 3.8) is 0 Å². The number of amides is 1. The quantitative estimate of drug-likeness (QED) is 0.623. The van der Waals surface area contributed by atoms with Crippen LogP contribution in [0.1, 0.15) is 30.0 Å². The van der Waals surface area contributed by atoms with Gasteiger partial charge in [-0.2, -0.15) is 5.10 Å². The number of rotatable bonds is 5. The Bertz CT molecular complexity index is 563. The van der Waals surface area contributed by atoms with Crippen molar-refractivity contribution in [2.45, 2.75) is 26.8 Å². The number of aliphatic carboxylic acids is 1. The van der Waals surface area contributed by atoms with Gasteiger partial charge in [0.25, 0.3) is 5.91 Å². The first kappa shape index (κ1) is 15.6. The van der Waals surface area contributed by atoms with Crippen molar-refractivity contribution < 1.29 is 19.6 Å². The summed E-state index contributed by atoms with van der Waals surface area (Å²) >= 11 is 0. The first-order valence-electron chi connectivity index (χ1n) is 5.87. The van der Waals surface area contributed by atoms with Crippen LogP contribution in [-0.4, -0.2) is 49.2 Å². The van der Waals surface area contributed by atoms with Gasteiger partial charge in [-0.25, -0.2) is 0 Å². The van der Waals surface area contributed by atoms with Crippen molar-refractivity contribution >= 4 is 17.6 Å². The predicted molar refractivity (Wildman–Crippen MR) is 68.4 cm³/mol. The zero-order valence-electron chi connectivity index (χ0n) is 11.7. The van der Waals surface area contributed by atoms with E-state index in [1.54, 1.807) is 13.8 Å². The zero-order valence-corrected chi connectivity index (χ0v) is 11.7. The van der Waals surface area contributed by atoms with Crippen LogP contribution < -0.4 is 0 Å². The minimum atomic E-state index is -1.19. The van der Waals surface area contributed by atoms with Crippen molar-refractivity contribution in [3.8, 4) is 0 Å². The second-order valence-electron chi connectivity index (χ2n) is 4.58. The Labute approximate surface area is 114 Å². The topological polar surface area (TPSA) is 119 Å².